The molecular weight excluding hydrogens is 232 g/mol. The zero-order valence-corrected chi connectivity index (χ0v) is 12.1. The van der Waals surface area contributed by atoms with Gasteiger partial charge < -0.3 is 14.5 Å². The number of hydrogen-bond acceptors (Lipinski definition) is 4. The summed E-state index contributed by atoms with van der Waals surface area (Å²) < 4.78 is 4.80. The van der Waals surface area contributed by atoms with Gasteiger partial charge in [-0.25, -0.2) is 0 Å². The summed E-state index contributed by atoms with van der Waals surface area (Å²) in [5.74, 6) is -0.264. The molecule has 5 heteroatoms. The van der Waals surface area contributed by atoms with Gasteiger partial charge in [-0.15, -0.1) is 0 Å². The van der Waals surface area contributed by atoms with E-state index in [1.807, 2.05) is 21.0 Å². The molecule has 106 valence electrons. The summed E-state index contributed by atoms with van der Waals surface area (Å²) in [5.41, 5.74) is 0. The van der Waals surface area contributed by atoms with E-state index in [2.05, 4.69) is 4.90 Å². The second-order valence-electron chi connectivity index (χ2n) is 4.44. The minimum Gasteiger partial charge on any atom is -0.466 e. The first-order chi connectivity index (χ1) is 8.51. The van der Waals surface area contributed by atoms with Gasteiger partial charge in [-0.05, 0) is 40.9 Å². The number of carbonyl (C=O) groups excluding carboxylic acids is 2. The van der Waals surface area contributed by atoms with Crippen LogP contribution in [0.4, 0.5) is 0 Å². The number of nitrogens with zero attached hydrogens (tertiary/aromatic N) is 2. The lowest BCUT2D eigenvalue weighted by Gasteiger charge is -2.21. The van der Waals surface area contributed by atoms with Crippen molar-refractivity contribution in [2.75, 3.05) is 40.3 Å². The number of esters is 1. The second kappa shape index (κ2) is 9.88. The molecule has 0 unspecified atom stereocenters. The zero-order chi connectivity index (χ0) is 14.0. The van der Waals surface area contributed by atoms with E-state index < -0.39 is 0 Å². The third-order valence-electron chi connectivity index (χ3n) is 2.62. The van der Waals surface area contributed by atoms with Crippen molar-refractivity contribution in [3.63, 3.8) is 0 Å². The van der Waals surface area contributed by atoms with Gasteiger partial charge in [-0.3, -0.25) is 9.59 Å². The highest BCUT2D eigenvalue weighted by molar-refractivity contribution is 5.81. The monoisotopic (exact) mass is 258 g/mol. The van der Waals surface area contributed by atoms with Crippen molar-refractivity contribution in [1.29, 1.82) is 0 Å². The summed E-state index contributed by atoms with van der Waals surface area (Å²) in [4.78, 5) is 26.9. The molecule has 0 saturated carbocycles. The van der Waals surface area contributed by atoms with Crippen LogP contribution in [-0.2, 0) is 14.3 Å². The molecule has 0 spiro atoms. The fourth-order valence-corrected chi connectivity index (χ4v) is 1.64. The van der Waals surface area contributed by atoms with Crippen LogP contribution in [0.15, 0.2) is 0 Å². The first-order valence-corrected chi connectivity index (χ1v) is 6.59. The molecule has 1 amide bonds. The van der Waals surface area contributed by atoms with Crippen molar-refractivity contribution in [3.8, 4) is 0 Å². The average Bonchev–Trinajstić information content (AvgIpc) is 2.31. The predicted molar refractivity (Wildman–Crippen MR) is 71.3 cm³/mol. The molecule has 0 aliphatic rings. The van der Waals surface area contributed by atoms with Crippen molar-refractivity contribution < 1.29 is 14.3 Å². The fraction of sp³-hybridized carbons (Fsp3) is 0.846. The van der Waals surface area contributed by atoms with Crippen LogP contribution in [0.5, 0.6) is 0 Å². The standard InChI is InChI=1S/C13H26N2O3/c1-5-15(11-7-10-14(3)4)12(16)8-9-13(17)18-6-2/h5-11H2,1-4H3. The highest BCUT2D eigenvalue weighted by Crippen LogP contribution is 2.01. The van der Waals surface area contributed by atoms with Gasteiger partial charge in [-0.1, -0.05) is 0 Å². The number of hydrogen-bond donors (Lipinski definition) is 0. The molecule has 0 aromatic rings. The summed E-state index contributed by atoms with van der Waals surface area (Å²) in [7, 11) is 4.03. The summed E-state index contributed by atoms with van der Waals surface area (Å²) in [6.45, 7) is 6.48. The minimum atomic E-state index is -0.296. The lowest BCUT2D eigenvalue weighted by Crippen LogP contribution is -2.33. The topological polar surface area (TPSA) is 49.9 Å². The molecule has 18 heavy (non-hydrogen) atoms. The van der Waals surface area contributed by atoms with Gasteiger partial charge in [0.05, 0.1) is 13.0 Å². The minimum absolute atomic E-state index is 0.0318. The Hall–Kier alpha value is -1.10. The van der Waals surface area contributed by atoms with E-state index in [-0.39, 0.29) is 24.7 Å². The predicted octanol–water partition coefficient (Wildman–Crippen LogP) is 1.13. The molecule has 0 fully saturated rings. The van der Waals surface area contributed by atoms with Gasteiger partial charge in [0.1, 0.15) is 0 Å². The summed E-state index contributed by atoms with van der Waals surface area (Å²) in [5, 5.41) is 0. The first kappa shape index (κ1) is 16.9. The number of amides is 1. The smallest absolute Gasteiger partial charge is 0.306 e. The molecule has 0 bridgehead atoms. The largest absolute Gasteiger partial charge is 0.466 e. The highest BCUT2D eigenvalue weighted by Gasteiger charge is 2.13. The van der Waals surface area contributed by atoms with Crippen molar-refractivity contribution in [2.45, 2.75) is 33.1 Å². The summed E-state index contributed by atoms with van der Waals surface area (Å²) in [6.07, 6.45) is 1.37. The molecule has 0 rings (SSSR count). The molecule has 0 radical (unpaired) electrons. The van der Waals surface area contributed by atoms with Gasteiger partial charge in [0.15, 0.2) is 0 Å². The summed E-state index contributed by atoms with van der Waals surface area (Å²) >= 11 is 0. The maximum atomic E-state index is 11.9. The molecule has 5 nitrogen and oxygen atoms in total. The Kier molecular flexibility index (Phi) is 9.28. The van der Waals surface area contributed by atoms with E-state index in [4.69, 9.17) is 4.74 Å². The third-order valence-corrected chi connectivity index (χ3v) is 2.62. The van der Waals surface area contributed by atoms with Crippen molar-refractivity contribution >= 4 is 11.9 Å². The molecule has 0 saturated heterocycles. The van der Waals surface area contributed by atoms with Crippen LogP contribution in [0.2, 0.25) is 0 Å². The molecule has 0 aromatic heterocycles. The van der Waals surface area contributed by atoms with Crippen molar-refractivity contribution in [3.05, 3.63) is 0 Å². The van der Waals surface area contributed by atoms with Crippen molar-refractivity contribution in [1.82, 2.24) is 9.80 Å². The maximum Gasteiger partial charge on any atom is 0.306 e. The Morgan fingerprint density at radius 2 is 1.72 bits per heavy atom. The van der Waals surface area contributed by atoms with Gasteiger partial charge in [-0.2, -0.15) is 0 Å². The van der Waals surface area contributed by atoms with E-state index >= 15 is 0 Å². The fourth-order valence-electron chi connectivity index (χ4n) is 1.64. The molecule has 0 aliphatic heterocycles. The normalized spacial score (nSPS) is 10.5. The van der Waals surface area contributed by atoms with Crippen LogP contribution in [-0.4, -0.2) is 62.0 Å². The van der Waals surface area contributed by atoms with Gasteiger partial charge in [0.25, 0.3) is 0 Å². The third kappa shape index (κ3) is 8.06. The van der Waals surface area contributed by atoms with Crippen LogP contribution < -0.4 is 0 Å². The lowest BCUT2D eigenvalue weighted by atomic mass is 10.2. The molecule has 0 N–H and O–H groups in total. The van der Waals surface area contributed by atoms with Gasteiger partial charge in [0.2, 0.25) is 5.91 Å². The Morgan fingerprint density at radius 1 is 1.06 bits per heavy atom. The molecular formula is C13H26N2O3. The Morgan fingerprint density at radius 3 is 2.22 bits per heavy atom. The maximum absolute atomic E-state index is 11.9. The van der Waals surface area contributed by atoms with Gasteiger partial charge in [0, 0.05) is 19.5 Å². The molecule has 0 heterocycles. The SMILES string of the molecule is CCOC(=O)CCC(=O)N(CC)CCCN(C)C. The van der Waals surface area contributed by atoms with E-state index in [0.717, 1.165) is 19.5 Å². The second-order valence-corrected chi connectivity index (χ2v) is 4.44. The van der Waals surface area contributed by atoms with Crippen LogP contribution >= 0.6 is 0 Å². The van der Waals surface area contributed by atoms with Crippen LogP contribution in [0, 0.1) is 0 Å². The van der Waals surface area contributed by atoms with E-state index in [1.165, 1.54) is 0 Å². The number of carbonyl (C=O) groups is 2. The quantitative estimate of drug-likeness (QED) is 0.582. The Labute approximate surface area is 110 Å². The number of rotatable bonds is 9. The zero-order valence-electron chi connectivity index (χ0n) is 12.1. The summed E-state index contributed by atoms with van der Waals surface area (Å²) in [6, 6.07) is 0. The first-order valence-electron chi connectivity index (χ1n) is 6.59. The van der Waals surface area contributed by atoms with Crippen molar-refractivity contribution in [2.24, 2.45) is 0 Å². The van der Waals surface area contributed by atoms with Crippen LogP contribution in [0.25, 0.3) is 0 Å². The Bertz CT molecular complexity index is 255. The highest BCUT2D eigenvalue weighted by atomic mass is 16.5. The molecule has 0 atom stereocenters. The van der Waals surface area contributed by atoms with Crippen LogP contribution in [0.1, 0.15) is 33.1 Å². The average molecular weight is 258 g/mol. The van der Waals surface area contributed by atoms with E-state index in [1.54, 1.807) is 11.8 Å². The molecule has 0 aromatic carbocycles. The Balaban J connectivity index is 3.91. The number of ether oxygens (including phenoxy) is 1. The lowest BCUT2D eigenvalue weighted by molar-refractivity contribution is -0.145. The van der Waals surface area contributed by atoms with E-state index in [9.17, 15) is 9.59 Å². The van der Waals surface area contributed by atoms with Gasteiger partial charge >= 0.3 is 5.97 Å². The molecule has 0 aliphatic carbocycles. The van der Waals surface area contributed by atoms with Crippen LogP contribution in [0.3, 0.4) is 0 Å². The van der Waals surface area contributed by atoms with E-state index in [0.29, 0.717) is 13.2 Å².